The first-order valence-electron chi connectivity index (χ1n) is 6.57. The molecule has 0 unspecified atom stereocenters. The number of aromatic nitrogens is 1. The van der Waals surface area contributed by atoms with Crippen LogP contribution in [0.25, 0.3) is 0 Å². The minimum absolute atomic E-state index is 0.823. The Bertz CT molecular complexity index is 519. The topological polar surface area (TPSA) is 33.4 Å². The van der Waals surface area contributed by atoms with Crippen molar-refractivity contribution in [3.63, 3.8) is 0 Å². The van der Waals surface area contributed by atoms with E-state index in [1.807, 2.05) is 18.2 Å². The standard InChI is InChI=1S/C15H17N3O/c19-18-8-6-15(7-9-18)17-12-10-16(11-13-17)14-4-2-1-3-5-14/h1-9H,10-13H2. The van der Waals surface area contributed by atoms with Gasteiger partial charge in [0.2, 0.25) is 0 Å². The lowest BCUT2D eigenvalue weighted by atomic mass is 10.2. The normalized spacial score (nSPS) is 15.6. The molecule has 98 valence electrons. The summed E-state index contributed by atoms with van der Waals surface area (Å²) in [5, 5.41) is 11.0. The smallest absolute Gasteiger partial charge is 0.182 e. The van der Waals surface area contributed by atoms with Gasteiger partial charge in [-0.05, 0) is 12.1 Å². The van der Waals surface area contributed by atoms with Gasteiger partial charge in [-0.2, -0.15) is 4.73 Å². The molecule has 1 fully saturated rings. The van der Waals surface area contributed by atoms with E-state index in [0.717, 1.165) is 36.6 Å². The van der Waals surface area contributed by atoms with E-state index >= 15 is 0 Å². The van der Waals surface area contributed by atoms with Crippen molar-refractivity contribution in [2.75, 3.05) is 36.0 Å². The number of hydrogen-bond acceptors (Lipinski definition) is 3. The molecule has 1 aromatic heterocycles. The molecule has 1 saturated heterocycles. The maximum Gasteiger partial charge on any atom is 0.182 e. The van der Waals surface area contributed by atoms with E-state index < -0.39 is 0 Å². The molecule has 2 aromatic rings. The molecule has 1 aliphatic rings. The summed E-state index contributed by atoms with van der Waals surface area (Å²) < 4.78 is 0.823. The highest BCUT2D eigenvalue weighted by molar-refractivity contribution is 5.50. The van der Waals surface area contributed by atoms with Gasteiger partial charge in [0.05, 0.1) is 0 Å². The highest BCUT2D eigenvalue weighted by atomic mass is 16.5. The molecule has 4 nitrogen and oxygen atoms in total. The Hall–Kier alpha value is -2.23. The van der Waals surface area contributed by atoms with Crippen molar-refractivity contribution in [1.29, 1.82) is 0 Å². The summed E-state index contributed by atoms with van der Waals surface area (Å²) in [6, 6.07) is 14.3. The first-order valence-corrected chi connectivity index (χ1v) is 6.57. The molecule has 19 heavy (non-hydrogen) atoms. The molecule has 0 N–H and O–H groups in total. The van der Waals surface area contributed by atoms with Gasteiger partial charge in [-0.25, -0.2) is 0 Å². The first-order chi connectivity index (χ1) is 9.33. The third kappa shape index (κ3) is 2.62. The summed E-state index contributed by atoms with van der Waals surface area (Å²) >= 11 is 0. The van der Waals surface area contributed by atoms with Crippen molar-refractivity contribution in [2.24, 2.45) is 0 Å². The fourth-order valence-electron chi connectivity index (χ4n) is 2.48. The van der Waals surface area contributed by atoms with Gasteiger partial charge in [-0.3, -0.25) is 0 Å². The van der Waals surface area contributed by atoms with Gasteiger partial charge in [0, 0.05) is 49.7 Å². The number of nitrogens with zero attached hydrogens (tertiary/aromatic N) is 3. The first kappa shape index (κ1) is 11.8. The lowest BCUT2D eigenvalue weighted by Crippen LogP contribution is -2.46. The molecule has 2 heterocycles. The van der Waals surface area contributed by atoms with E-state index in [9.17, 15) is 5.21 Å². The lowest BCUT2D eigenvalue weighted by molar-refractivity contribution is -0.605. The van der Waals surface area contributed by atoms with E-state index in [0.29, 0.717) is 0 Å². The van der Waals surface area contributed by atoms with Gasteiger partial charge >= 0.3 is 0 Å². The number of anilines is 2. The molecule has 0 bridgehead atoms. The maximum absolute atomic E-state index is 11.0. The van der Waals surface area contributed by atoms with Crippen LogP contribution >= 0.6 is 0 Å². The van der Waals surface area contributed by atoms with E-state index in [1.54, 1.807) is 12.4 Å². The van der Waals surface area contributed by atoms with Crippen molar-refractivity contribution < 1.29 is 4.73 Å². The number of benzene rings is 1. The molecule has 1 aromatic carbocycles. The zero-order valence-electron chi connectivity index (χ0n) is 10.8. The molecule has 3 rings (SSSR count). The molecule has 0 radical (unpaired) electrons. The van der Waals surface area contributed by atoms with Crippen LogP contribution in [0.4, 0.5) is 11.4 Å². The number of hydrogen-bond donors (Lipinski definition) is 0. The Morgan fingerprint density at radius 2 is 1.21 bits per heavy atom. The molecular weight excluding hydrogens is 238 g/mol. The van der Waals surface area contributed by atoms with Gasteiger partial charge in [0.1, 0.15) is 0 Å². The maximum atomic E-state index is 11.0. The van der Waals surface area contributed by atoms with Crippen LogP contribution in [0.2, 0.25) is 0 Å². The Morgan fingerprint density at radius 1 is 0.737 bits per heavy atom. The summed E-state index contributed by atoms with van der Waals surface area (Å²) in [7, 11) is 0. The van der Waals surface area contributed by atoms with Gasteiger partial charge in [0.25, 0.3) is 0 Å². The summed E-state index contributed by atoms with van der Waals surface area (Å²) in [5.74, 6) is 0. The van der Waals surface area contributed by atoms with Crippen LogP contribution in [-0.2, 0) is 0 Å². The zero-order chi connectivity index (χ0) is 13.1. The predicted molar refractivity (Wildman–Crippen MR) is 76.3 cm³/mol. The second-order valence-electron chi connectivity index (χ2n) is 4.73. The van der Waals surface area contributed by atoms with Gasteiger partial charge < -0.3 is 15.0 Å². The van der Waals surface area contributed by atoms with E-state index in [2.05, 4.69) is 34.1 Å². The number of para-hydroxylation sites is 1. The Morgan fingerprint density at radius 3 is 1.74 bits per heavy atom. The fraction of sp³-hybridized carbons (Fsp3) is 0.267. The predicted octanol–water partition coefficient (Wildman–Crippen LogP) is 1.65. The average Bonchev–Trinajstić information content (AvgIpc) is 2.49. The van der Waals surface area contributed by atoms with Crippen LogP contribution in [0.15, 0.2) is 54.9 Å². The van der Waals surface area contributed by atoms with Crippen LogP contribution in [0, 0.1) is 5.21 Å². The largest absolute Gasteiger partial charge is 0.619 e. The highest BCUT2D eigenvalue weighted by Gasteiger charge is 2.17. The quantitative estimate of drug-likeness (QED) is 0.604. The summed E-state index contributed by atoms with van der Waals surface area (Å²) in [4.78, 5) is 4.71. The van der Waals surface area contributed by atoms with Crippen LogP contribution in [0.5, 0.6) is 0 Å². The van der Waals surface area contributed by atoms with E-state index in [-0.39, 0.29) is 0 Å². The van der Waals surface area contributed by atoms with Crippen LogP contribution in [0.3, 0.4) is 0 Å². The zero-order valence-corrected chi connectivity index (χ0v) is 10.8. The molecule has 0 saturated carbocycles. The molecule has 4 heteroatoms. The minimum atomic E-state index is 0.823. The summed E-state index contributed by atoms with van der Waals surface area (Å²) in [6.07, 6.45) is 3.11. The molecule has 0 spiro atoms. The van der Waals surface area contributed by atoms with Gasteiger partial charge in [-0.15, -0.1) is 0 Å². The second-order valence-corrected chi connectivity index (χ2v) is 4.73. The number of pyridine rings is 1. The monoisotopic (exact) mass is 255 g/mol. The van der Waals surface area contributed by atoms with Crippen molar-refractivity contribution in [1.82, 2.24) is 0 Å². The summed E-state index contributed by atoms with van der Waals surface area (Å²) in [5.41, 5.74) is 2.41. The Balaban J connectivity index is 1.65. The van der Waals surface area contributed by atoms with Crippen LogP contribution < -0.4 is 14.5 Å². The number of rotatable bonds is 2. The van der Waals surface area contributed by atoms with Gasteiger partial charge in [0.15, 0.2) is 12.4 Å². The highest BCUT2D eigenvalue weighted by Crippen LogP contribution is 2.19. The van der Waals surface area contributed by atoms with Crippen molar-refractivity contribution >= 4 is 11.4 Å². The van der Waals surface area contributed by atoms with Gasteiger partial charge in [-0.1, -0.05) is 18.2 Å². The molecule has 0 aliphatic carbocycles. The molecule has 1 aliphatic heterocycles. The minimum Gasteiger partial charge on any atom is -0.619 e. The SMILES string of the molecule is [O-][n+]1ccc(N2CCN(c3ccccc3)CC2)cc1. The average molecular weight is 255 g/mol. The van der Waals surface area contributed by atoms with E-state index in [4.69, 9.17) is 0 Å². The van der Waals surface area contributed by atoms with Crippen molar-refractivity contribution in [2.45, 2.75) is 0 Å². The summed E-state index contributed by atoms with van der Waals surface area (Å²) in [6.45, 7) is 3.99. The third-order valence-electron chi connectivity index (χ3n) is 3.55. The van der Waals surface area contributed by atoms with Crippen LogP contribution in [-0.4, -0.2) is 26.2 Å². The molecule has 0 atom stereocenters. The third-order valence-corrected chi connectivity index (χ3v) is 3.55. The number of piperazine rings is 1. The van der Waals surface area contributed by atoms with Crippen molar-refractivity contribution in [3.8, 4) is 0 Å². The lowest BCUT2D eigenvalue weighted by Gasteiger charge is -2.37. The van der Waals surface area contributed by atoms with Crippen LogP contribution in [0.1, 0.15) is 0 Å². The Labute approximate surface area is 113 Å². The fourth-order valence-corrected chi connectivity index (χ4v) is 2.48. The molecule has 0 amide bonds. The van der Waals surface area contributed by atoms with E-state index in [1.165, 1.54) is 5.69 Å². The van der Waals surface area contributed by atoms with Crippen molar-refractivity contribution in [3.05, 3.63) is 60.1 Å². The molecular formula is C15H17N3O. The Kier molecular flexibility index (Phi) is 3.23. The second kappa shape index (κ2) is 5.18.